The molecule has 1 amide bonds. The fourth-order valence-electron chi connectivity index (χ4n) is 2.01. The molecule has 0 aliphatic heterocycles. The molecule has 0 radical (unpaired) electrons. The number of methoxy groups -OCH3 is 1. The topological polar surface area (TPSA) is 75.6 Å². The van der Waals surface area contributed by atoms with Gasteiger partial charge in [-0.05, 0) is 23.3 Å². The molecule has 1 atom stereocenters. The Bertz CT molecular complexity index is 637. The first-order chi connectivity index (χ1) is 10.7. The van der Waals surface area contributed by atoms with Gasteiger partial charge in [0.25, 0.3) is 5.91 Å². The summed E-state index contributed by atoms with van der Waals surface area (Å²) >= 11 is 0. The van der Waals surface area contributed by atoms with Gasteiger partial charge in [0.15, 0.2) is 6.04 Å². The molecule has 5 nitrogen and oxygen atoms in total. The molecule has 0 bridgehead atoms. The first kappa shape index (κ1) is 15.7. The Morgan fingerprint density at radius 3 is 2.18 bits per heavy atom. The van der Waals surface area contributed by atoms with Gasteiger partial charge in [0, 0.05) is 5.56 Å². The Hall–Kier alpha value is -2.66. The van der Waals surface area contributed by atoms with E-state index in [2.05, 4.69) is 10.1 Å². The number of hydrogen-bond acceptors (Lipinski definition) is 4. The first-order valence-corrected chi connectivity index (χ1v) is 6.80. The van der Waals surface area contributed by atoms with Gasteiger partial charge in [-0.25, -0.2) is 4.79 Å². The molecule has 2 aromatic carbocycles. The zero-order valence-electron chi connectivity index (χ0n) is 12.2. The van der Waals surface area contributed by atoms with Crippen molar-refractivity contribution in [1.82, 2.24) is 5.32 Å². The van der Waals surface area contributed by atoms with Crippen LogP contribution >= 0.6 is 0 Å². The molecule has 0 saturated carbocycles. The smallest absolute Gasteiger partial charge is 0.330 e. The van der Waals surface area contributed by atoms with Crippen molar-refractivity contribution in [2.45, 2.75) is 6.04 Å². The van der Waals surface area contributed by atoms with E-state index in [0.29, 0.717) is 5.56 Å². The monoisotopic (exact) mass is 299 g/mol. The normalized spacial score (nSPS) is 11.5. The van der Waals surface area contributed by atoms with Gasteiger partial charge in [0.2, 0.25) is 0 Å². The van der Waals surface area contributed by atoms with Crippen molar-refractivity contribution >= 4 is 11.9 Å². The van der Waals surface area contributed by atoms with Crippen LogP contribution in [0.25, 0.3) is 11.1 Å². The van der Waals surface area contributed by atoms with Crippen LogP contribution < -0.4 is 5.32 Å². The van der Waals surface area contributed by atoms with Crippen LogP contribution in [0.15, 0.2) is 54.6 Å². The second-order valence-electron chi connectivity index (χ2n) is 4.68. The predicted molar refractivity (Wildman–Crippen MR) is 82.2 cm³/mol. The van der Waals surface area contributed by atoms with Gasteiger partial charge in [-0.15, -0.1) is 0 Å². The minimum absolute atomic E-state index is 0.405. The van der Waals surface area contributed by atoms with Crippen LogP contribution in [0.1, 0.15) is 10.4 Å². The molecule has 114 valence electrons. The second kappa shape index (κ2) is 7.38. The number of aliphatic hydroxyl groups is 1. The number of carbonyl (C=O) groups excluding carboxylic acids is 2. The molecule has 5 heteroatoms. The van der Waals surface area contributed by atoms with Crippen LogP contribution in [0.3, 0.4) is 0 Å². The van der Waals surface area contributed by atoms with Crippen molar-refractivity contribution in [1.29, 1.82) is 0 Å². The summed E-state index contributed by atoms with van der Waals surface area (Å²) in [5.74, 6) is -1.12. The van der Waals surface area contributed by atoms with Crippen molar-refractivity contribution in [2.24, 2.45) is 0 Å². The lowest BCUT2D eigenvalue weighted by molar-refractivity contribution is -0.143. The molecule has 0 heterocycles. The zero-order valence-corrected chi connectivity index (χ0v) is 12.2. The van der Waals surface area contributed by atoms with Gasteiger partial charge in [-0.2, -0.15) is 0 Å². The van der Waals surface area contributed by atoms with Crippen LogP contribution in [0.5, 0.6) is 0 Å². The summed E-state index contributed by atoms with van der Waals surface area (Å²) in [4.78, 5) is 23.4. The Labute approximate surface area is 128 Å². The lowest BCUT2D eigenvalue weighted by Crippen LogP contribution is -2.44. The average molecular weight is 299 g/mol. The molecule has 0 spiro atoms. The first-order valence-electron chi connectivity index (χ1n) is 6.80. The van der Waals surface area contributed by atoms with E-state index in [1.807, 2.05) is 42.5 Å². The Morgan fingerprint density at radius 1 is 1.05 bits per heavy atom. The second-order valence-corrected chi connectivity index (χ2v) is 4.68. The highest BCUT2D eigenvalue weighted by Gasteiger charge is 2.21. The molecule has 0 saturated heterocycles. The molecular weight excluding hydrogens is 282 g/mol. The summed E-state index contributed by atoms with van der Waals surface area (Å²) in [6.45, 7) is -0.513. The van der Waals surface area contributed by atoms with Crippen LogP contribution in [0, 0.1) is 0 Å². The van der Waals surface area contributed by atoms with Crippen LogP contribution in [0.4, 0.5) is 0 Å². The summed E-state index contributed by atoms with van der Waals surface area (Å²) in [6.07, 6.45) is 0. The number of rotatable bonds is 5. The summed E-state index contributed by atoms with van der Waals surface area (Å²) in [5, 5.41) is 11.5. The number of esters is 1. The highest BCUT2D eigenvalue weighted by molar-refractivity contribution is 5.97. The van der Waals surface area contributed by atoms with Crippen molar-refractivity contribution in [2.75, 3.05) is 13.7 Å². The fraction of sp³-hybridized carbons (Fsp3) is 0.176. The molecule has 0 unspecified atom stereocenters. The number of benzene rings is 2. The maximum Gasteiger partial charge on any atom is 0.330 e. The molecule has 2 rings (SSSR count). The summed E-state index contributed by atoms with van der Waals surface area (Å²) in [6, 6.07) is 15.7. The van der Waals surface area contributed by atoms with E-state index in [9.17, 15) is 9.59 Å². The Morgan fingerprint density at radius 2 is 1.64 bits per heavy atom. The highest BCUT2D eigenvalue weighted by atomic mass is 16.5. The predicted octanol–water partition coefficient (Wildman–Crippen LogP) is 1.62. The van der Waals surface area contributed by atoms with Gasteiger partial charge in [0.05, 0.1) is 13.7 Å². The molecule has 0 aromatic heterocycles. The van der Waals surface area contributed by atoms with Crippen molar-refractivity contribution in [3.63, 3.8) is 0 Å². The van der Waals surface area contributed by atoms with Crippen molar-refractivity contribution < 1.29 is 19.4 Å². The lowest BCUT2D eigenvalue weighted by atomic mass is 10.0. The maximum absolute atomic E-state index is 12.1. The number of amides is 1. The summed E-state index contributed by atoms with van der Waals surface area (Å²) in [5.41, 5.74) is 2.45. The lowest BCUT2D eigenvalue weighted by Gasteiger charge is -2.14. The fourth-order valence-corrected chi connectivity index (χ4v) is 2.01. The number of aliphatic hydroxyl groups excluding tert-OH is 1. The van der Waals surface area contributed by atoms with E-state index in [1.165, 1.54) is 7.11 Å². The molecule has 22 heavy (non-hydrogen) atoms. The van der Waals surface area contributed by atoms with E-state index >= 15 is 0 Å². The largest absolute Gasteiger partial charge is 0.467 e. The van der Waals surface area contributed by atoms with E-state index in [4.69, 9.17) is 5.11 Å². The highest BCUT2D eigenvalue weighted by Crippen LogP contribution is 2.19. The van der Waals surface area contributed by atoms with Crippen LogP contribution in [-0.2, 0) is 9.53 Å². The molecular formula is C17H17NO4. The zero-order chi connectivity index (χ0) is 15.9. The van der Waals surface area contributed by atoms with Crippen molar-refractivity contribution in [3.8, 4) is 11.1 Å². The summed E-state index contributed by atoms with van der Waals surface area (Å²) < 4.78 is 4.50. The van der Waals surface area contributed by atoms with E-state index < -0.39 is 24.5 Å². The van der Waals surface area contributed by atoms with E-state index in [-0.39, 0.29) is 0 Å². The van der Waals surface area contributed by atoms with Crippen LogP contribution in [-0.4, -0.2) is 36.7 Å². The minimum atomic E-state index is -1.06. The van der Waals surface area contributed by atoms with Gasteiger partial charge >= 0.3 is 5.97 Å². The SMILES string of the molecule is COC(=O)[C@@H](CO)NC(=O)c1ccc(-c2ccccc2)cc1. The molecule has 0 aliphatic carbocycles. The Balaban J connectivity index is 2.10. The number of ether oxygens (including phenoxy) is 1. The summed E-state index contributed by atoms with van der Waals surface area (Å²) in [7, 11) is 1.20. The van der Waals surface area contributed by atoms with Gasteiger partial charge in [-0.1, -0.05) is 42.5 Å². The molecule has 2 N–H and O–H groups in total. The van der Waals surface area contributed by atoms with Gasteiger partial charge in [-0.3, -0.25) is 4.79 Å². The van der Waals surface area contributed by atoms with Gasteiger partial charge < -0.3 is 15.2 Å². The van der Waals surface area contributed by atoms with Crippen LogP contribution in [0.2, 0.25) is 0 Å². The third-order valence-corrected chi connectivity index (χ3v) is 3.23. The van der Waals surface area contributed by atoms with Gasteiger partial charge in [0.1, 0.15) is 0 Å². The minimum Gasteiger partial charge on any atom is -0.467 e. The maximum atomic E-state index is 12.1. The number of hydrogen-bond donors (Lipinski definition) is 2. The Kier molecular flexibility index (Phi) is 5.27. The number of nitrogens with one attached hydrogen (secondary N) is 1. The quantitative estimate of drug-likeness (QED) is 0.823. The molecule has 2 aromatic rings. The number of carbonyl (C=O) groups is 2. The molecule has 0 fully saturated rings. The third-order valence-electron chi connectivity index (χ3n) is 3.23. The van der Waals surface area contributed by atoms with E-state index in [1.54, 1.807) is 12.1 Å². The van der Waals surface area contributed by atoms with E-state index in [0.717, 1.165) is 11.1 Å². The third kappa shape index (κ3) is 3.71. The average Bonchev–Trinajstić information content (AvgIpc) is 2.59. The standard InChI is InChI=1S/C17H17NO4/c1-22-17(21)15(11-19)18-16(20)14-9-7-13(8-10-14)12-5-3-2-4-6-12/h2-10,15,19H,11H2,1H3,(H,18,20)/t15-/m1/s1. The molecule has 0 aliphatic rings. The van der Waals surface area contributed by atoms with Crippen molar-refractivity contribution in [3.05, 3.63) is 60.2 Å².